The topological polar surface area (TPSA) is 173 Å². The number of aliphatic hydroxyl groups is 1. The second-order valence-electron chi connectivity index (χ2n) is 11.3. The summed E-state index contributed by atoms with van der Waals surface area (Å²) in [5.41, 5.74) is 6.64. The number of aliphatic hydroxyl groups excluding tert-OH is 1. The summed E-state index contributed by atoms with van der Waals surface area (Å²) >= 11 is 0. The van der Waals surface area contributed by atoms with E-state index in [-0.39, 0.29) is 24.0 Å². The molecule has 0 bridgehead atoms. The Morgan fingerprint density at radius 3 is 2.02 bits per heavy atom. The van der Waals surface area contributed by atoms with E-state index in [1.807, 2.05) is 13.8 Å². The molecule has 1 rings (SSSR count). The Morgan fingerprint density at radius 2 is 1.54 bits per heavy atom. The largest absolute Gasteiger partial charge is 0.508 e. The molecule has 0 aromatic heterocycles. The molecule has 0 aliphatic rings. The number of benzene rings is 1. The van der Waals surface area contributed by atoms with E-state index in [2.05, 4.69) is 5.32 Å². The molecule has 1 aromatic carbocycles. The SMILES string of the molecule is CCCCCC(N)C(O)C(=O)NC(C(=O)N(C)C(C(=O)N(C)C(Cc1ccc(O)cc1)C(=O)O)C(C)CC)C(C)C. The van der Waals surface area contributed by atoms with Gasteiger partial charge in [-0.05, 0) is 36.0 Å². The first kappa shape index (κ1) is 35.8. The molecule has 11 nitrogen and oxygen atoms in total. The molecule has 232 valence electrons. The quantitative estimate of drug-likeness (QED) is 0.175. The summed E-state index contributed by atoms with van der Waals surface area (Å²) in [4.78, 5) is 55.0. The van der Waals surface area contributed by atoms with Crippen molar-refractivity contribution in [1.82, 2.24) is 15.1 Å². The molecular weight excluding hydrogens is 528 g/mol. The summed E-state index contributed by atoms with van der Waals surface area (Å²) < 4.78 is 0. The number of phenolic OH excluding ortho intramolecular Hbond substituents is 1. The van der Waals surface area contributed by atoms with Crippen molar-refractivity contribution >= 4 is 23.7 Å². The molecule has 0 radical (unpaired) electrons. The second kappa shape index (κ2) is 16.9. The normalized spacial score (nSPS) is 15.8. The van der Waals surface area contributed by atoms with Crippen molar-refractivity contribution in [3.8, 4) is 5.75 Å². The number of carbonyl (C=O) groups is 4. The highest BCUT2D eigenvalue weighted by Gasteiger charge is 2.40. The Morgan fingerprint density at radius 1 is 0.951 bits per heavy atom. The molecule has 6 unspecified atom stereocenters. The Balaban J connectivity index is 3.18. The van der Waals surface area contributed by atoms with Crippen LogP contribution in [-0.4, -0.2) is 93.2 Å². The van der Waals surface area contributed by atoms with Crippen LogP contribution < -0.4 is 11.1 Å². The van der Waals surface area contributed by atoms with Gasteiger partial charge in [-0.3, -0.25) is 14.4 Å². The van der Waals surface area contributed by atoms with E-state index >= 15 is 0 Å². The standard InChI is InChI=1S/C30H50N4O7/c1-8-10-11-12-22(31)26(36)27(37)32-24(18(3)4)28(38)34(7)25(19(5)9-2)29(39)33(6)23(30(40)41)17-20-13-15-21(35)16-14-20/h13-16,18-19,22-26,35-36H,8-12,17,31H2,1-7H3,(H,32,37)(H,40,41). The van der Waals surface area contributed by atoms with Crippen molar-refractivity contribution in [2.45, 2.75) is 103 Å². The van der Waals surface area contributed by atoms with Crippen LogP contribution in [0.5, 0.6) is 5.75 Å². The third-order valence-electron chi connectivity index (χ3n) is 7.71. The van der Waals surface area contributed by atoms with Crippen LogP contribution in [0, 0.1) is 11.8 Å². The molecule has 0 saturated heterocycles. The number of aliphatic carboxylic acids is 1. The van der Waals surface area contributed by atoms with Crippen LogP contribution in [0.3, 0.4) is 0 Å². The maximum Gasteiger partial charge on any atom is 0.326 e. The molecule has 6 atom stereocenters. The van der Waals surface area contributed by atoms with Crippen LogP contribution >= 0.6 is 0 Å². The fourth-order valence-electron chi connectivity index (χ4n) is 4.71. The van der Waals surface area contributed by atoms with Crippen LogP contribution in [0.15, 0.2) is 24.3 Å². The number of nitrogens with two attached hydrogens (primary N) is 1. The molecule has 3 amide bonds. The lowest BCUT2D eigenvalue weighted by Gasteiger charge is -2.38. The zero-order chi connectivity index (χ0) is 31.4. The summed E-state index contributed by atoms with van der Waals surface area (Å²) in [5.74, 6) is -3.70. The van der Waals surface area contributed by atoms with Crippen LogP contribution in [0.4, 0.5) is 0 Å². The number of amides is 3. The van der Waals surface area contributed by atoms with Gasteiger partial charge in [0, 0.05) is 26.6 Å². The van der Waals surface area contributed by atoms with Gasteiger partial charge in [0.2, 0.25) is 11.8 Å². The number of carbonyl (C=O) groups excluding carboxylic acids is 3. The summed E-state index contributed by atoms with van der Waals surface area (Å²) in [5, 5.41) is 32.6. The molecule has 0 aliphatic heterocycles. The molecule has 0 saturated carbocycles. The van der Waals surface area contributed by atoms with Crippen molar-refractivity contribution in [2.24, 2.45) is 17.6 Å². The summed E-state index contributed by atoms with van der Waals surface area (Å²) in [6.07, 6.45) is 2.19. The van der Waals surface area contributed by atoms with Gasteiger partial charge in [0.1, 0.15) is 30.0 Å². The fourth-order valence-corrected chi connectivity index (χ4v) is 4.71. The number of aromatic hydroxyl groups is 1. The Labute approximate surface area is 244 Å². The minimum Gasteiger partial charge on any atom is -0.508 e. The molecule has 0 heterocycles. The van der Waals surface area contributed by atoms with Crippen LogP contribution in [0.2, 0.25) is 0 Å². The molecule has 0 aliphatic carbocycles. The molecule has 11 heteroatoms. The number of hydrogen-bond acceptors (Lipinski definition) is 7. The van der Waals surface area contributed by atoms with E-state index in [0.29, 0.717) is 18.4 Å². The second-order valence-corrected chi connectivity index (χ2v) is 11.3. The first-order chi connectivity index (χ1) is 19.2. The van der Waals surface area contributed by atoms with Crippen LogP contribution in [0.1, 0.15) is 72.3 Å². The van der Waals surface area contributed by atoms with Gasteiger partial charge >= 0.3 is 5.97 Å². The van der Waals surface area contributed by atoms with Gasteiger partial charge in [0.25, 0.3) is 5.91 Å². The van der Waals surface area contributed by atoms with Gasteiger partial charge in [-0.1, -0.05) is 72.4 Å². The Hall–Kier alpha value is -3.18. The number of carboxylic acid groups (broad SMARTS) is 1. The van der Waals surface area contributed by atoms with Gasteiger partial charge in [-0.25, -0.2) is 4.79 Å². The first-order valence-corrected chi connectivity index (χ1v) is 14.5. The Kier molecular flexibility index (Phi) is 14.8. The number of unbranched alkanes of at least 4 members (excludes halogenated alkanes) is 2. The number of rotatable bonds is 17. The third kappa shape index (κ3) is 10.3. The number of nitrogens with one attached hydrogen (secondary N) is 1. The van der Waals surface area contributed by atoms with Gasteiger partial charge in [0.05, 0.1) is 0 Å². The highest BCUT2D eigenvalue weighted by molar-refractivity contribution is 5.94. The average Bonchev–Trinajstić information content (AvgIpc) is 2.93. The first-order valence-electron chi connectivity index (χ1n) is 14.5. The van der Waals surface area contributed by atoms with Gasteiger partial charge in [-0.15, -0.1) is 0 Å². The number of nitrogens with zero attached hydrogens (tertiary/aromatic N) is 2. The third-order valence-corrected chi connectivity index (χ3v) is 7.71. The maximum atomic E-state index is 13.8. The van der Waals surface area contributed by atoms with Crippen molar-refractivity contribution in [3.05, 3.63) is 29.8 Å². The monoisotopic (exact) mass is 578 g/mol. The zero-order valence-corrected chi connectivity index (χ0v) is 25.5. The summed E-state index contributed by atoms with van der Waals surface area (Å²) in [6.45, 7) is 9.20. The lowest BCUT2D eigenvalue weighted by molar-refractivity contribution is -0.155. The van der Waals surface area contributed by atoms with Crippen LogP contribution in [-0.2, 0) is 25.6 Å². The fraction of sp³-hybridized carbons (Fsp3) is 0.667. The van der Waals surface area contributed by atoms with E-state index in [1.165, 1.54) is 31.1 Å². The lowest BCUT2D eigenvalue weighted by Crippen LogP contribution is -2.60. The van der Waals surface area contributed by atoms with E-state index in [1.54, 1.807) is 32.9 Å². The molecule has 1 aromatic rings. The number of phenols is 1. The molecule has 0 fully saturated rings. The smallest absolute Gasteiger partial charge is 0.326 e. The predicted molar refractivity (Wildman–Crippen MR) is 157 cm³/mol. The Bertz CT molecular complexity index is 1000. The molecular formula is C30H50N4O7. The van der Waals surface area contributed by atoms with E-state index in [4.69, 9.17) is 5.73 Å². The van der Waals surface area contributed by atoms with Crippen LogP contribution in [0.25, 0.3) is 0 Å². The predicted octanol–water partition coefficient (Wildman–Crippen LogP) is 2.13. The summed E-state index contributed by atoms with van der Waals surface area (Å²) in [7, 11) is 2.86. The van der Waals surface area contributed by atoms with Crippen molar-refractivity contribution in [3.63, 3.8) is 0 Å². The molecule has 41 heavy (non-hydrogen) atoms. The number of hydrogen-bond donors (Lipinski definition) is 5. The van der Waals surface area contributed by atoms with Gasteiger partial charge < -0.3 is 36.2 Å². The van der Waals surface area contributed by atoms with Crippen molar-refractivity contribution in [1.29, 1.82) is 0 Å². The number of carboxylic acids is 1. The summed E-state index contributed by atoms with van der Waals surface area (Å²) in [6, 6.07) is 2.04. The maximum absolute atomic E-state index is 13.8. The van der Waals surface area contributed by atoms with Crippen molar-refractivity contribution in [2.75, 3.05) is 14.1 Å². The average molecular weight is 579 g/mol. The lowest BCUT2D eigenvalue weighted by atomic mass is 9.93. The van der Waals surface area contributed by atoms with Crippen molar-refractivity contribution < 1.29 is 34.5 Å². The van der Waals surface area contributed by atoms with E-state index in [9.17, 15) is 34.5 Å². The minimum absolute atomic E-state index is 0.00379. The molecule has 0 spiro atoms. The van der Waals surface area contributed by atoms with Gasteiger partial charge in [-0.2, -0.15) is 0 Å². The van der Waals surface area contributed by atoms with Gasteiger partial charge in [0.15, 0.2) is 0 Å². The van der Waals surface area contributed by atoms with E-state index < -0.39 is 54.0 Å². The molecule has 6 N–H and O–H groups in total. The highest BCUT2D eigenvalue weighted by atomic mass is 16.4. The number of likely N-dealkylation sites (N-methyl/N-ethyl adjacent to an activating group) is 2. The zero-order valence-electron chi connectivity index (χ0n) is 25.5. The van der Waals surface area contributed by atoms with E-state index in [0.717, 1.165) is 24.2 Å². The highest BCUT2D eigenvalue weighted by Crippen LogP contribution is 2.21. The minimum atomic E-state index is -1.49.